The molecule has 118 valence electrons. The van der Waals surface area contributed by atoms with Gasteiger partial charge >= 0.3 is 0 Å². The van der Waals surface area contributed by atoms with Gasteiger partial charge in [0.2, 0.25) is 5.95 Å². The van der Waals surface area contributed by atoms with Gasteiger partial charge in [0.25, 0.3) is 0 Å². The minimum absolute atomic E-state index is 0.605. The highest BCUT2D eigenvalue weighted by atomic mass is 16.3. The molecule has 0 saturated carbocycles. The van der Waals surface area contributed by atoms with Gasteiger partial charge in [0.05, 0.1) is 12.8 Å². The van der Waals surface area contributed by atoms with Gasteiger partial charge in [0, 0.05) is 19.3 Å². The number of aromatic nitrogens is 2. The lowest BCUT2D eigenvalue weighted by molar-refractivity contribution is 0.518. The zero-order chi connectivity index (χ0) is 15.9. The van der Waals surface area contributed by atoms with Gasteiger partial charge in [-0.3, -0.25) is 0 Å². The fourth-order valence-corrected chi connectivity index (χ4v) is 2.32. The van der Waals surface area contributed by atoms with Gasteiger partial charge in [-0.25, -0.2) is 4.98 Å². The van der Waals surface area contributed by atoms with Crippen molar-refractivity contribution in [1.82, 2.24) is 9.97 Å². The molecule has 0 fully saturated rings. The summed E-state index contributed by atoms with van der Waals surface area (Å²) >= 11 is 0. The van der Waals surface area contributed by atoms with Crippen LogP contribution in [0.25, 0.3) is 0 Å². The van der Waals surface area contributed by atoms with Crippen molar-refractivity contribution in [3.63, 3.8) is 0 Å². The molecule has 5 nitrogen and oxygen atoms in total. The van der Waals surface area contributed by atoms with E-state index in [1.54, 1.807) is 12.5 Å². The number of benzene rings is 1. The average molecular weight is 308 g/mol. The quantitative estimate of drug-likeness (QED) is 0.721. The first kappa shape index (κ1) is 15.1. The van der Waals surface area contributed by atoms with E-state index in [2.05, 4.69) is 39.2 Å². The summed E-state index contributed by atoms with van der Waals surface area (Å²) in [6, 6.07) is 16.0. The Morgan fingerprint density at radius 2 is 1.96 bits per heavy atom. The van der Waals surface area contributed by atoms with Crippen LogP contribution in [0.15, 0.2) is 65.4 Å². The highest BCUT2D eigenvalue weighted by Gasteiger charge is 2.09. The van der Waals surface area contributed by atoms with Crippen molar-refractivity contribution >= 4 is 11.8 Å². The summed E-state index contributed by atoms with van der Waals surface area (Å²) in [5.41, 5.74) is 1.24. The van der Waals surface area contributed by atoms with Crippen molar-refractivity contribution in [2.24, 2.45) is 0 Å². The van der Waals surface area contributed by atoms with Crippen molar-refractivity contribution < 1.29 is 4.42 Å². The first-order valence-electron chi connectivity index (χ1n) is 7.73. The number of hydrogen-bond acceptors (Lipinski definition) is 5. The molecule has 0 aliphatic carbocycles. The Kier molecular flexibility index (Phi) is 4.88. The summed E-state index contributed by atoms with van der Waals surface area (Å²) < 4.78 is 5.32. The second-order valence-corrected chi connectivity index (χ2v) is 5.17. The van der Waals surface area contributed by atoms with Crippen LogP contribution in [0.1, 0.15) is 18.2 Å². The topological polar surface area (TPSA) is 54.2 Å². The van der Waals surface area contributed by atoms with E-state index in [9.17, 15) is 0 Å². The van der Waals surface area contributed by atoms with Crippen molar-refractivity contribution in [2.45, 2.75) is 20.0 Å². The fraction of sp³-hybridized carbons (Fsp3) is 0.222. The molecule has 2 aromatic heterocycles. The molecular weight excluding hydrogens is 288 g/mol. The Morgan fingerprint density at radius 3 is 2.70 bits per heavy atom. The van der Waals surface area contributed by atoms with E-state index >= 15 is 0 Å². The summed E-state index contributed by atoms with van der Waals surface area (Å²) in [6.07, 6.45) is 3.45. The van der Waals surface area contributed by atoms with Crippen LogP contribution in [0.3, 0.4) is 0 Å². The van der Waals surface area contributed by atoms with E-state index in [4.69, 9.17) is 4.42 Å². The first-order chi connectivity index (χ1) is 11.3. The predicted molar refractivity (Wildman–Crippen MR) is 91.2 cm³/mol. The molecule has 3 aromatic rings. The lowest BCUT2D eigenvalue weighted by atomic mass is 10.2. The molecule has 0 saturated heterocycles. The molecule has 0 amide bonds. The number of hydrogen-bond donors (Lipinski definition) is 1. The normalized spacial score (nSPS) is 10.5. The predicted octanol–water partition coefficient (Wildman–Crippen LogP) is 3.71. The van der Waals surface area contributed by atoms with Gasteiger partial charge in [0.15, 0.2) is 0 Å². The minimum atomic E-state index is 0.605. The van der Waals surface area contributed by atoms with Crippen LogP contribution < -0.4 is 10.2 Å². The SMILES string of the molecule is CCN(Cc1ccccc1)c1nccc(NCc2ccco2)n1. The van der Waals surface area contributed by atoms with Crippen molar-refractivity contribution in [3.05, 3.63) is 72.3 Å². The molecule has 23 heavy (non-hydrogen) atoms. The second kappa shape index (κ2) is 7.45. The summed E-state index contributed by atoms with van der Waals surface area (Å²) in [5.74, 6) is 2.39. The molecule has 0 radical (unpaired) electrons. The van der Waals surface area contributed by atoms with Gasteiger partial charge < -0.3 is 14.6 Å². The highest BCUT2D eigenvalue weighted by molar-refractivity contribution is 5.42. The fourth-order valence-electron chi connectivity index (χ4n) is 2.32. The Morgan fingerprint density at radius 1 is 1.09 bits per heavy atom. The lowest BCUT2D eigenvalue weighted by Gasteiger charge is -2.21. The Bertz CT molecular complexity index is 713. The minimum Gasteiger partial charge on any atom is -0.467 e. The monoisotopic (exact) mass is 308 g/mol. The van der Waals surface area contributed by atoms with Crippen LogP contribution in [-0.4, -0.2) is 16.5 Å². The lowest BCUT2D eigenvalue weighted by Crippen LogP contribution is -2.24. The molecule has 1 aromatic carbocycles. The molecule has 0 aliphatic heterocycles. The van der Waals surface area contributed by atoms with Crippen LogP contribution in [0.4, 0.5) is 11.8 Å². The molecule has 5 heteroatoms. The van der Waals surface area contributed by atoms with Crippen molar-refractivity contribution in [1.29, 1.82) is 0 Å². The van der Waals surface area contributed by atoms with E-state index in [-0.39, 0.29) is 0 Å². The third-order valence-corrected chi connectivity index (χ3v) is 3.55. The zero-order valence-electron chi connectivity index (χ0n) is 13.1. The maximum atomic E-state index is 5.32. The third kappa shape index (κ3) is 4.10. The van der Waals surface area contributed by atoms with Crippen molar-refractivity contribution in [2.75, 3.05) is 16.8 Å². The largest absolute Gasteiger partial charge is 0.467 e. The first-order valence-corrected chi connectivity index (χ1v) is 7.73. The smallest absolute Gasteiger partial charge is 0.227 e. The Hall–Kier alpha value is -2.82. The summed E-state index contributed by atoms with van der Waals surface area (Å²) in [5, 5.41) is 3.26. The standard InChI is InChI=1S/C18H20N4O/c1-2-22(14-15-7-4-3-5-8-15)18-19-11-10-17(21-18)20-13-16-9-6-12-23-16/h3-12H,2,13-14H2,1H3,(H,19,20,21). The van der Waals surface area contributed by atoms with E-state index < -0.39 is 0 Å². The molecular formula is C18H20N4O. The summed E-state index contributed by atoms with van der Waals surface area (Å²) in [4.78, 5) is 11.2. The van der Waals surface area contributed by atoms with Crippen LogP contribution in [-0.2, 0) is 13.1 Å². The van der Waals surface area contributed by atoms with E-state index in [1.807, 2.05) is 36.4 Å². The van der Waals surface area contributed by atoms with Gasteiger partial charge in [0.1, 0.15) is 11.6 Å². The molecule has 3 rings (SSSR count). The summed E-state index contributed by atoms with van der Waals surface area (Å²) in [7, 11) is 0. The van der Waals surface area contributed by atoms with Crippen LogP contribution in [0, 0.1) is 0 Å². The van der Waals surface area contributed by atoms with Crippen LogP contribution >= 0.6 is 0 Å². The maximum absolute atomic E-state index is 5.32. The van der Waals surface area contributed by atoms with Gasteiger partial charge in [-0.2, -0.15) is 4.98 Å². The van der Waals surface area contributed by atoms with Gasteiger partial charge in [-0.1, -0.05) is 30.3 Å². The number of anilines is 2. The van der Waals surface area contributed by atoms with E-state index in [0.29, 0.717) is 6.54 Å². The van der Waals surface area contributed by atoms with Gasteiger partial charge in [-0.15, -0.1) is 0 Å². The number of nitrogens with zero attached hydrogens (tertiary/aromatic N) is 3. The van der Waals surface area contributed by atoms with E-state index in [1.165, 1.54) is 5.56 Å². The highest BCUT2D eigenvalue weighted by Crippen LogP contribution is 2.15. The summed E-state index contributed by atoms with van der Waals surface area (Å²) in [6.45, 7) is 4.35. The maximum Gasteiger partial charge on any atom is 0.227 e. The molecule has 1 N–H and O–H groups in total. The van der Waals surface area contributed by atoms with Crippen molar-refractivity contribution in [3.8, 4) is 0 Å². The van der Waals surface area contributed by atoms with Gasteiger partial charge in [-0.05, 0) is 30.7 Å². The molecule has 0 bridgehead atoms. The molecule has 0 aliphatic rings. The number of rotatable bonds is 7. The van der Waals surface area contributed by atoms with Crippen LogP contribution in [0.5, 0.6) is 0 Å². The Labute approximate surface area is 136 Å². The Balaban J connectivity index is 1.69. The second-order valence-electron chi connectivity index (χ2n) is 5.17. The number of nitrogens with one attached hydrogen (secondary N) is 1. The zero-order valence-corrected chi connectivity index (χ0v) is 13.1. The molecule has 0 unspecified atom stereocenters. The molecule has 0 spiro atoms. The average Bonchev–Trinajstić information content (AvgIpc) is 3.12. The number of furan rings is 1. The van der Waals surface area contributed by atoms with Crippen LogP contribution in [0.2, 0.25) is 0 Å². The van der Waals surface area contributed by atoms with E-state index in [0.717, 1.165) is 30.6 Å². The third-order valence-electron chi connectivity index (χ3n) is 3.55. The molecule has 0 atom stereocenters. The molecule has 2 heterocycles.